The van der Waals surface area contributed by atoms with Crippen LogP contribution in [-0.4, -0.2) is 55.5 Å². The van der Waals surface area contributed by atoms with Crippen LogP contribution in [-0.2, 0) is 0 Å². The van der Waals surface area contributed by atoms with Gasteiger partial charge in [0.05, 0.1) is 12.7 Å². The molecule has 22 heavy (non-hydrogen) atoms. The second-order valence-corrected chi connectivity index (χ2v) is 6.01. The SMILES string of the molecule is COc1ccc2oc(C)c(C(=O)N3CCN(C)C[C@@H]3C)c2c1. The summed E-state index contributed by atoms with van der Waals surface area (Å²) in [6, 6.07) is 5.77. The van der Waals surface area contributed by atoms with Crippen LogP contribution in [0.4, 0.5) is 0 Å². The lowest BCUT2D eigenvalue weighted by molar-refractivity contribution is 0.0533. The molecule has 0 bridgehead atoms. The molecule has 1 aliphatic heterocycles. The van der Waals surface area contributed by atoms with E-state index in [0.29, 0.717) is 11.3 Å². The lowest BCUT2D eigenvalue weighted by Gasteiger charge is -2.38. The maximum absolute atomic E-state index is 13.0. The third-order valence-electron chi connectivity index (χ3n) is 4.38. The topological polar surface area (TPSA) is 45.9 Å². The Morgan fingerprint density at radius 3 is 2.82 bits per heavy atom. The highest BCUT2D eigenvalue weighted by atomic mass is 16.5. The summed E-state index contributed by atoms with van der Waals surface area (Å²) in [5.41, 5.74) is 1.38. The number of amides is 1. The van der Waals surface area contributed by atoms with Gasteiger partial charge in [0.1, 0.15) is 17.1 Å². The molecule has 2 heterocycles. The number of aryl methyl sites for hydroxylation is 1. The molecule has 5 nitrogen and oxygen atoms in total. The highest BCUT2D eigenvalue weighted by molar-refractivity contribution is 6.07. The zero-order valence-corrected chi connectivity index (χ0v) is 13.5. The standard InChI is InChI=1S/C17H22N2O3/c1-11-10-18(3)7-8-19(11)17(20)16-12(2)22-15-6-5-13(21-4)9-14(15)16/h5-6,9,11H,7-8,10H2,1-4H3/t11-/m0/s1. The third kappa shape index (κ3) is 2.46. The molecule has 1 atom stereocenters. The number of nitrogens with zero attached hydrogens (tertiary/aromatic N) is 2. The zero-order chi connectivity index (χ0) is 15.9. The first-order valence-corrected chi connectivity index (χ1v) is 7.58. The lowest BCUT2D eigenvalue weighted by Crippen LogP contribution is -2.52. The second-order valence-electron chi connectivity index (χ2n) is 6.01. The van der Waals surface area contributed by atoms with Crippen molar-refractivity contribution in [3.05, 3.63) is 29.5 Å². The van der Waals surface area contributed by atoms with Gasteiger partial charge >= 0.3 is 0 Å². The minimum absolute atomic E-state index is 0.0464. The number of likely N-dealkylation sites (N-methyl/N-ethyl adjacent to an activating group) is 1. The molecule has 0 N–H and O–H groups in total. The summed E-state index contributed by atoms with van der Waals surface area (Å²) in [5.74, 6) is 1.44. The van der Waals surface area contributed by atoms with Gasteiger partial charge in [-0.2, -0.15) is 0 Å². The fourth-order valence-corrected chi connectivity index (χ4v) is 3.18. The van der Waals surface area contributed by atoms with Gasteiger partial charge in [-0.1, -0.05) is 0 Å². The molecule has 0 aliphatic carbocycles. The molecule has 1 aromatic heterocycles. The van der Waals surface area contributed by atoms with Crippen LogP contribution in [0.5, 0.6) is 5.75 Å². The molecule has 5 heteroatoms. The van der Waals surface area contributed by atoms with Crippen molar-refractivity contribution in [2.45, 2.75) is 19.9 Å². The predicted molar refractivity (Wildman–Crippen MR) is 85.5 cm³/mol. The van der Waals surface area contributed by atoms with Crippen molar-refractivity contribution in [3.63, 3.8) is 0 Å². The van der Waals surface area contributed by atoms with Crippen LogP contribution in [0.25, 0.3) is 11.0 Å². The monoisotopic (exact) mass is 302 g/mol. The minimum Gasteiger partial charge on any atom is -0.497 e. The van der Waals surface area contributed by atoms with E-state index in [4.69, 9.17) is 9.15 Å². The average Bonchev–Trinajstić information content (AvgIpc) is 2.81. The van der Waals surface area contributed by atoms with Crippen LogP contribution in [0, 0.1) is 6.92 Å². The summed E-state index contributed by atoms with van der Waals surface area (Å²) in [6.45, 7) is 6.47. The number of methoxy groups -OCH3 is 1. The third-order valence-corrected chi connectivity index (χ3v) is 4.38. The van der Waals surface area contributed by atoms with Gasteiger partial charge in [-0.25, -0.2) is 0 Å². The molecule has 1 saturated heterocycles. The van der Waals surface area contributed by atoms with Crippen molar-refractivity contribution < 1.29 is 13.9 Å². The normalized spacial score (nSPS) is 19.6. The Morgan fingerprint density at radius 2 is 2.14 bits per heavy atom. The maximum atomic E-state index is 13.0. The Bertz CT molecular complexity index is 707. The molecule has 2 aromatic rings. The van der Waals surface area contributed by atoms with Gasteiger partial charge in [0.2, 0.25) is 0 Å². The molecular weight excluding hydrogens is 280 g/mol. The van der Waals surface area contributed by atoms with Crippen molar-refractivity contribution in [2.24, 2.45) is 0 Å². The van der Waals surface area contributed by atoms with E-state index in [1.54, 1.807) is 7.11 Å². The van der Waals surface area contributed by atoms with Gasteiger partial charge in [-0.3, -0.25) is 4.79 Å². The molecule has 1 fully saturated rings. The van der Waals surface area contributed by atoms with E-state index in [1.807, 2.05) is 30.0 Å². The number of carbonyl (C=O) groups is 1. The van der Waals surface area contributed by atoms with E-state index in [1.165, 1.54) is 0 Å². The number of furan rings is 1. The van der Waals surface area contributed by atoms with E-state index in [9.17, 15) is 4.79 Å². The Hall–Kier alpha value is -2.01. The number of rotatable bonds is 2. The first-order chi connectivity index (χ1) is 10.5. The van der Waals surface area contributed by atoms with E-state index >= 15 is 0 Å². The van der Waals surface area contributed by atoms with Crippen LogP contribution < -0.4 is 4.74 Å². The molecule has 3 rings (SSSR count). The molecule has 0 spiro atoms. The van der Waals surface area contributed by atoms with Gasteiger partial charge < -0.3 is 19.0 Å². The molecule has 118 valence electrons. The van der Waals surface area contributed by atoms with Crippen molar-refractivity contribution in [1.82, 2.24) is 9.80 Å². The quantitative estimate of drug-likeness (QED) is 0.855. The van der Waals surface area contributed by atoms with Crippen LogP contribution in [0.1, 0.15) is 23.0 Å². The Kier molecular flexibility index (Phi) is 3.83. The number of ether oxygens (including phenoxy) is 1. The van der Waals surface area contributed by atoms with Crippen molar-refractivity contribution >= 4 is 16.9 Å². The predicted octanol–water partition coefficient (Wildman–Crippen LogP) is 2.53. The summed E-state index contributed by atoms with van der Waals surface area (Å²) in [7, 11) is 3.71. The number of benzene rings is 1. The van der Waals surface area contributed by atoms with E-state index in [-0.39, 0.29) is 11.9 Å². The van der Waals surface area contributed by atoms with Crippen molar-refractivity contribution in [1.29, 1.82) is 0 Å². The van der Waals surface area contributed by atoms with Crippen LogP contribution in [0.3, 0.4) is 0 Å². The number of piperazine rings is 1. The Labute approximate surface area is 130 Å². The largest absolute Gasteiger partial charge is 0.497 e. The Morgan fingerprint density at radius 1 is 1.36 bits per heavy atom. The molecule has 0 unspecified atom stereocenters. The average molecular weight is 302 g/mol. The van der Waals surface area contributed by atoms with Gasteiger partial charge in [0.15, 0.2) is 0 Å². The Balaban J connectivity index is 2.01. The number of hydrogen-bond acceptors (Lipinski definition) is 4. The van der Waals surface area contributed by atoms with E-state index in [0.717, 1.165) is 36.4 Å². The van der Waals surface area contributed by atoms with Gasteiger partial charge in [0, 0.05) is 31.1 Å². The summed E-state index contributed by atoms with van der Waals surface area (Å²) in [6.07, 6.45) is 0. The van der Waals surface area contributed by atoms with Crippen molar-refractivity contribution in [2.75, 3.05) is 33.8 Å². The van der Waals surface area contributed by atoms with E-state index < -0.39 is 0 Å². The second kappa shape index (κ2) is 5.65. The van der Waals surface area contributed by atoms with E-state index in [2.05, 4.69) is 18.9 Å². The smallest absolute Gasteiger partial charge is 0.258 e. The molecule has 1 aliphatic rings. The lowest BCUT2D eigenvalue weighted by atomic mass is 10.1. The highest BCUT2D eigenvalue weighted by Crippen LogP contribution is 2.30. The molecule has 0 radical (unpaired) electrons. The number of hydrogen-bond donors (Lipinski definition) is 0. The molecule has 0 saturated carbocycles. The first kappa shape index (κ1) is 14.9. The fourth-order valence-electron chi connectivity index (χ4n) is 3.18. The number of fused-ring (bicyclic) bond motifs is 1. The van der Waals surface area contributed by atoms with Crippen molar-refractivity contribution in [3.8, 4) is 5.75 Å². The van der Waals surface area contributed by atoms with Gasteiger partial charge in [-0.15, -0.1) is 0 Å². The summed E-state index contributed by atoms with van der Waals surface area (Å²) in [4.78, 5) is 17.2. The first-order valence-electron chi connectivity index (χ1n) is 7.58. The van der Waals surface area contributed by atoms with Gasteiger partial charge in [0.25, 0.3) is 5.91 Å². The fraction of sp³-hybridized carbons (Fsp3) is 0.471. The van der Waals surface area contributed by atoms with Crippen LogP contribution >= 0.6 is 0 Å². The highest BCUT2D eigenvalue weighted by Gasteiger charge is 2.30. The maximum Gasteiger partial charge on any atom is 0.258 e. The minimum atomic E-state index is 0.0464. The summed E-state index contributed by atoms with van der Waals surface area (Å²) < 4.78 is 11.0. The molecular formula is C17H22N2O3. The van der Waals surface area contributed by atoms with Gasteiger partial charge in [-0.05, 0) is 39.1 Å². The summed E-state index contributed by atoms with van der Waals surface area (Å²) >= 11 is 0. The zero-order valence-electron chi connectivity index (χ0n) is 13.5. The summed E-state index contributed by atoms with van der Waals surface area (Å²) in [5, 5.41) is 0.827. The molecule has 1 aromatic carbocycles. The van der Waals surface area contributed by atoms with Crippen LogP contribution in [0.15, 0.2) is 22.6 Å². The van der Waals surface area contributed by atoms with Crippen LogP contribution in [0.2, 0.25) is 0 Å². The number of carbonyl (C=O) groups excluding carboxylic acids is 1. The molecule has 1 amide bonds.